The van der Waals surface area contributed by atoms with Crippen LogP contribution in [0.3, 0.4) is 0 Å². The van der Waals surface area contributed by atoms with Crippen molar-refractivity contribution in [3.8, 4) is 10.4 Å². The number of aromatic nitrogens is 3. The van der Waals surface area contributed by atoms with Gasteiger partial charge < -0.3 is 14.8 Å². The fraction of sp³-hybridized carbons (Fsp3) is 0.391. The van der Waals surface area contributed by atoms with Crippen molar-refractivity contribution in [2.45, 2.75) is 32.7 Å². The van der Waals surface area contributed by atoms with Crippen molar-refractivity contribution in [1.29, 1.82) is 0 Å². The van der Waals surface area contributed by atoms with Gasteiger partial charge in [0.1, 0.15) is 5.69 Å². The van der Waals surface area contributed by atoms with Crippen LogP contribution in [0, 0.1) is 12.8 Å². The Bertz CT molecular complexity index is 1020. The van der Waals surface area contributed by atoms with Gasteiger partial charge in [-0.2, -0.15) is 0 Å². The molecular weight excluding hydrogens is 410 g/mol. The predicted molar refractivity (Wildman–Crippen MR) is 121 cm³/mol. The van der Waals surface area contributed by atoms with Gasteiger partial charge in [-0.3, -0.25) is 9.59 Å². The van der Waals surface area contributed by atoms with Gasteiger partial charge >= 0.3 is 0 Å². The van der Waals surface area contributed by atoms with E-state index in [1.54, 1.807) is 23.9 Å². The van der Waals surface area contributed by atoms with Crippen LogP contribution in [-0.2, 0) is 11.3 Å². The monoisotopic (exact) mass is 437 g/mol. The van der Waals surface area contributed by atoms with Gasteiger partial charge in [0.05, 0.1) is 16.2 Å². The zero-order valence-electron chi connectivity index (χ0n) is 17.7. The second-order valence-electron chi connectivity index (χ2n) is 7.89. The molecule has 2 amide bonds. The summed E-state index contributed by atoms with van der Waals surface area (Å²) < 4.78 is 1.93. The van der Waals surface area contributed by atoms with Crippen LogP contribution in [0.2, 0.25) is 0 Å². The van der Waals surface area contributed by atoms with Gasteiger partial charge in [-0.15, -0.1) is 11.3 Å². The Morgan fingerprint density at radius 3 is 2.87 bits per heavy atom. The van der Waals surface area contributed by atoms with Gasteiger partial charge in [-0.25, -0.2) is 9.97 Å². The van der Waals surface area contributed by atoms with E-state index in [0.29, 0.717) is 38.3 Å². The Labute approximate surface area is 186 Å². The zero-order chi connectivity index (χ0) is 21.6. The minimum absolute atomic E-state index is 0.0339. The Morgan fingerprint density at radius 1 is 1.26 bits per heavy atom. The van der Waals surface area contributed by atoms with E-state index in [1.165, 1.54) is 0 Å². The Hall–Kier alpha value is -3.00. The number of imidazole rings is 1. The van der Waals surface area contributed by atoms with Gasteiger partial charge in [0, 0.05) is 45.0 Å². The first kappa shape index (κ1) is 21.2. The first-order valence-corrected chi connectivity index (χ1v) is 11.5. The highest BCUT2D eigenvalue weighted by Gasteiger charge is 2.29. The summed E-state index contributed by atoms with van der Waals surface area (Å²) in [5, 5.41) is 3.86. The van der Waals surface area contributed by atoms with Gasteiger partial charge in [0.25, 0.3) is 5.91 Å². The number of rotatable bonds is 7. The molecule has 1 atom stereocenters. The number of benzene rings is 1. The third-order valence-electron chi connectivity index (χ3n) is 5.50. The molecule has 31 heavy (non-hydrogen) atoms. The molecular formula is C23H27N5O2S. The minimum atomic E-state index is -0.0339. The van der Waals surface area contributed by atoms with Crippen molar-refractivity contribution in [1.82, 2.24) is 24.8 Å². The lowest BCUT2D eigenvalue weighted by molar-refractivity contribution is -0.122. The van der Waals surface area contributed by atoms with Crippen LogP contribution in [0.5, 0.6) is 0 Å². The number of nitrogens with one attached hydrogen (secondary N) is 1. The van der Waals surface area contributed by atoms with Crippen molar-refractivity contribution >= 4 is 23.2 Å². The van der Waals surface area contributed by atoms with Crippen molar-refractivity contribution in [3.63, 3.8) is 0 Å². The summed E-state index contributed by atoms with van der Waals surface area (Å²) in [7, 11) is 0. The van der Waals surface area contributed by atoms with E-state index in [2.05, 4.69) is 15.3 Å². The summed E-state index contributed by atoms with van der Waals surface area (Å²) in [4.78, 5) is 37.0. The van der Waals surface area contributed by atoms with Crippen LogP contribution < -0.4 is 5.32 Å². The second-order valence-corrected chi connectivity index (χ2v) is 9.09. The summed E-state index contributed by atoms with van der Waals surface area (Å²) in [6.07, 6.45) is 7.64. The molecule has 0 unspecified atom stereocenters. The molecule has 1 aliphatic rings. The van der Waals surface area contributed by atoms with Crippen LogP contribution >= 0.6 is 11.3 Å². The molecule has 162 valence electrons. The lowest BCUT2D eigenvalue weighted by atomic mass is 9.94. The van der Waals surface area contributed by atoms with E-state index < -0.39 is 0 Å². The maximum atomic E-state index is 13.3. The number of thiazole rings is 1. The lowest BCUT2D eigenvalue weighted by Crippen LogP contribution is -2.42. The maximum absolute atomic E-state index is 13.3. The Balaban J connectivity index is 1.35. The first-order chi connectivity index (χ1) is 15.1. The molecule has 0 aliphatic carbocycles. The number of hydrogen-bond acceptors (Lipinski definition) is 5. The summed E-state index contributed by atoms with van der Waals surface area (Å²) in [5.74, 6) is 0.174. The second kappa shape index (κ2) is 9.87. The summed E-state index contributed by atoms with van der Waals surface area (Å²) in [6, 6.07) is 9.93. The zero-order valence-corrected chi connectivity index (χ0v) is 18.5. The third kappa shape index (κ3) is 5.38. The van der Waals surface area contributed by atoms with Crippen molar-refractivity contribution in [2.75, 3.05) is 19.6 Å². The molecule has 3 aromatic rings. The molecule has 1 aliphatic heterocycles. The molecule has 3 heterocycles. The number of aryl methyl sites for hydroxylation is 1. The predicted octanol–water partition coefficient (Wildman–Crippen LogP) is 3.37. The highest BCUT2D eigenvalue weighted by molar-refractivity contribution is 7.15. The van der Waals surface area contributed by atoms with Crippen LogP contribution in [0.25, 0.3) is 10.4 Å². The summed E-state index contributed by atoms with van der Waals surface area (Å²) in [6.45, 7) is 4.51. The molecule has 0 saturated carbocycles. The SMILES string of the molecule is Cc1nc(C(=O)N2CCC[C@@H](CC(=O)NCCn3ccnc3)C2)c(-c2ccccc2)s1. The number of hydrogen-bond donors (Lipinski definition) is 1. The molecule has 0 bridgehead atoms. The Morgan fingerprint density at radius 2 is 2.10 bits per heavy atom. The molecule has 1 N–H and O–H groups in total. The number of amides is 2. The standard InChI is InChI=1S/C23H27N5O2S/c1-17-26-21(22(31-17)19-7-3-2-4-8-19)23(30)28-11-5-6-18(15-28)14-20(29)25-10-13-27-12-9-24-16-27/h2-4,7-9,12,16,18H,5-6,10-11,13-15H2,1H3,(H,25,29)/t18-/m0/s1. The molecule has 4 rings (SSSR count). The average Bonchev–Trinajstić information content (AvgIpc) is 3.44. The highest BCUT2D eigenvalue weighted by atomic mass is 32.1. The van der Waals surface area contributed by atoms with Crippen molar-refractivity contribution < 1.29 is 9.59 Å². The quantitative estimate of drug-likeness (QED) is 0.615. The number of nitrogens with zero attached hydrogens (tertiary/aromatic N) is 4. The van der Waals surface area contributed by atoms with E-state index in [0.717, 1.165) is 28.3 Å². The Kier molecular flexibility index (Phi) is 6.76. The van der Waals surface area contributed by atoms with E-state index >= 15 is 0 Å². The topological polar surface area (TPSA) is 80.1 Å². The fourth-order valence-electron chi connectivity index (χ4n) is 4.00. The van der Waals surface area contributed by atoms with Crippen molar-refractivity contribution in [3.05, 3.63) is 59.8 Å². The van der Waals surface area contributed by atoms with Gasteiger partial charge in [0.15, 0.2) is 0 Å². The van der Waals surface area contributed by atoms with Crippen LogP contribution in [0.1, 0.15) is 34.8 Å². The first-order valence-electron chi connectivity index (χ1n) is 10.6. The van der Waals surface area contributed by atoms with Crippen molar-refractivity contribution in [2.24, 2.45) is 5.92 Å². The van der Waals surface area contributed by atoms with E-state index in [1.807, 2.05) is 52.9 Å². The molecule has 2 aromatic heterocycles. The molecule has 8 heteroatoms. The highest BCUT2D eigenvalue weighted by Crippen LogP contribution is 2.32. The van der Waals surface area contributed by atoms with E-state index in [-0.39, 0.29) is 17.7 Å². The molecule has 7 nitrogen and oxygen atoms in total. The number of likely N-dealkylation sites (tertiary alicyclic amines) is 1. The lowest BCUT2D eigenvalue weighted by Gasteiger charge is -2.32. The molecule has 1 saturated heterocycles. The smallest absolute Gasteiger partial charge is 0.274 e. The third-order valence-corrected chi connectivity index (χ3v) is 6.52. The molecule has 0 spiro atoms. The normalized spacial score (nSPS) is 16.3. The summed E-state index contributed by atoms with van der Waals surface area (Å²) in [5.41, 5.74) is 1.54. The van der Waals surface area contributed by atoms with Gasteiger partial charge in [-0.05, 0) is 31.2 Å². The van der Waals surface area contributed by atoms with Crippen LogP contribution in [-0.4, -0.2) is 50.9 Å². The number of carbonyl (C=O) groups is 2. The largest absolute Gasteiger partial charge is 0.354 e. The summed E-state index contributed by atoms with van der Waals surface area (Å²) >= 11 is 1.55. The van der Waals surface area contributed by atoms with Gasteiger partial charge in [-0.1, -0.05) is 30.3 Å². The van der Waals surface area contributed by atoms with Crippen LogP contribution in [0.15, 0.2) is 49.1 Å². The van der Waals surface area contributed by atoms with Gasteiger partial charge in [0.2, 0.25) is 5.91 Å². The number of piperidine rings is 1. The molecule has 1 aromatic carbocycles. The van der Waals surface area contributed by atoms with Crippen LogP contribution in [0.4, 0.5) is 0 Å². The molecule has 1 fully saturated rings. The van der Waals surface area contributed by atoms with E-state index in [9.17, 15) is 9.59 Å². The average molecular weight is 438 g/mol. The fourth-order valence-corrected chi connectivity index (χ4v) is 4.92. The number of carbonyl (C=O) groups excluding carboxylic acids is 2. The minimum Gasteiger partial charge on any atom is -0.354 e. The van der Waals surface area contributed by atoms with E-state index in [4.69, 9.17) is 0 Å². The maximum Gasteiger partial charge on any atom is 0.274 e. The molecule has 0 radical (unpaired) electrons.